The molecule has 0 atom stereocenters. The van der Waals surface area contributed by atoms with Gasteiger partial charge < -0.3 is 14.8 Å². The number of carbonyl (C=O) groups is 1. The molecule has 2 aromatic heterocycles. The van der Waals surface area contributed by atoms with Gasteiger partial charge in [0.15, 0.2) is 0 Å². The zero-order valence-electron chi connectivity index (χ0n) is 16.1. The van der Waals surface area contributed by atoms with Gasteiger partial charge in [-0.15, -0.1) is 22.7 Å². The Balaban J connectivity index is 1.31. The molecule has 0 aliphatic rings. The molecule has 0 aliphatic carbocycles. The molecular weight excluding hydrogens is 392 g/mol. The van der Waals surface area contributed by atoms with Crippen molar-refractivity contribution in [3.8, 4) is 22.1 Å². The fraction of sp³-hybridized carbons (Fsp3) is 0.333. The van der Waals surface area contributed by atoms with Crippen LogP contribution >= 0.6 is 22.7 Å². The van der Waals surface area contributed by atoms with E-state index in [9.17, 15) is 4.79 Å². The van der Waals surface area contributed by atoms with Crippen LogP contribution in [0.5, 0.6) is 11.5 Å². The highest BCUT2D eigenvalue weighted by Gasteiger charge is 2.07. The number of nitrogens with one attached hydrogen (secondary N) is 1. The Hall–Kier alpha value is -2.38. The number of benzene rings is 1. The minimum atomic E-state index is 0.0604. The average molecular weight is 417 g/mol. The predicted octanol–water partition coefficient (Wildman–Crippen LogP) is 4.71. The van der Waals surface area contributed by atoms with Gasteiger partial charge in [-0.25, -0.2) is 4.98 Å². The monoisotopic (exact) mass is 416 g/mol. The third kappa shape index (κ3) is 6.07. The van der Waals surface area contributed by atoms with E-state index in [2.05, 4.69) is 27.8 Å². The van der Waals surface area contributed by atoms with Gasteiger partial charge in [0, 0.05) is 23.2 Å². The maximum atomic E-state index is 12.0. The number of carbonyl (C=O) groups excluding carboxylic acids is 1. The van der Waals surface area contributed by atoms with Crippen LogP contribution in [0.2, 0.25) is 0 Å². The lowest BCUT2D eigenvalue weighted by atomic mass is 10.3. The first-order valence-corrected chi connectivity index (χ1v) is 10.9. The number of hydrogen-bond acceptors (Lipinski definition) is 6. The fourth-order valence-electron chi connectivity index (χ4n) is 2.63. The zero-order valence-corrected chi connectivity index (χ0v) is 17.7. The standard InChI is InChI=1S/C21H24N2O3S2/c1-15-23-19(14-27-15)20-10-9-18(28-20)11-12-22-21(24)4-3-13-26-17-7-5-16(25-2)6-8-17/h5-10,14H,3-4,11-13H2,1-2H3,(H,22,24). The van der Waals surface area contributed by atoms with Crippen molar-refractivity contribution < 1.29 is 14.3 Å². The van der Waals surface area contributed by atoms with Gasteiger partial charge in [-0.3, -0.25) is 4.79 Å². The van der Waals surface area contributed by atoms with E-state index in [1.165, 1.54) is 9.75 Å². The van der Waals surface area contributed by atoms with Crippen LogP contribution in [0.15, 0.2) is 41.8 Å². The summed E-state index contributed by atoms with van der Waals surface area (Å²) in [5, 5.41) is 6.14. The number of thiophene rings is 1. The van der Waals surface area contributed by atoms with E-state index < -0.39 is 0 Å². The quantitative estimate of drug-likeness (QED) is 0.487. The van der Waals surface area contributed by atoms with E-state index in [0.717, 1.165) is 28.6 Å². The third-order valence-electron chi connectivity index (χ3n) is 4.10. The lowest BCUT2D eigenvalue weighted by Crippen LogP contribution is -2.25. The van der Waals surface area contributed by atoms with E-state index in [0.29, 0.717) is 26.0 Å². The number of amides is 1. The number of rotatable bonds is 10. The molecule has 5 nitrogen and oxygen atoms in total. The number of ether oxygens (including phenoxy) is 2. The van der Waals surface area contributed by atoms with Crippen molar-refractivity contribution in [1.82, 2.24) is 10.3 Å². The van der Waals surface area contributed by atoms with Crippen LogP contribution in [0.3, 0.4) is 0 Å². The van der Waals surface area contributed by atoms with Gasteiger partial charge in [0.1, 0.15) is 11.5 Å². The molecule has 0 saturated carbocycles. The van der Waals surface area contributed by atoms with Gasteiger partial charge in [0.05, 0.1) is 29.3 Å². The molecule has 1 amide bonds. The smallest absolute Gasteiger partial charge is 0.220 e. The Labute approximate surface area is 173 Å². The topological polar surface area (TPSA) is 60.5 Å². The minimum Gasteiger partial charge on any atom is -0.497 e. The van der Waals surface area contributed by atoms with Crippen molar-refractivity contribution in [2.75, 3.05) is 20.3 Å². The Morgan fingerprint density at radius 1 is 1.14 bits per heavy atom. The van der Waals surface area contributed by atoms with Crippen LogP contribution in [0.1, 0.15) is 22.7 Å². The predicted molar refractivity (Wildman–Crippen MR) is 115 cm³/mol. The summed E-state index contributed by atoms with van der Waals surface area (Å²) in [6, 6.07) is 11.7. The Morgan fingerprint density at radius 2 is 1.93 bits per heavy atom. The number of hydrogen-bond donors (Lipinski definition) is 1. The lowest BCUT2D eigenvalue weighted by molar-refractivity contribution is -0.121. The first kappa shape index (κ1) is 20.4. The largest absolute Gasteiger partial charge is 0.497 e. The molecule has 0 fully saturated rings. The molecule has 0 unspecified atom stereocenters. The Kier molecular flexibility index (Phi) is 7.45. The third-order valence-corrected chi connectivity index (χ3v) is 6.04. The first-order valence-electron chi connectivity index (χ1n) is 9.19. The second-order valence-corrected chi connectivity index (χ2v) is 8.48. The maximum absolute atomic E-state index is 12.0. The number of aryl methyl sites for hydroxylation is 1. The summed E-state index contributed by atoms with van der Waals surface area (Å²) in [6.07, 6.45) is 1.98. The SMILES string of the molecule is COc1ccc(OCCCC(=O)NCCc2ccc(-c3csc(C)n3)s2)cc1. The highest BCUT2D eigenvalue weighted by atomic mass is 32.1. The van der Waals surface area contributed by atoms with Gasteiger partial charge in [0.25, 0.3) is 0 Å². The first-order chi connectivity index (χ1) is 13.6. The molecule has 0 radical (unpaired) electrons. The van der Waals surface area contributed by atoms with E-state index in [1.807, 2.05) is 31.2 Å². The molecule has 7 heteroatoms. The number of aromatic nitrogens is 1. The van der Waals surface area contributed by atoms with Gasteiger partial charge in [-0.1, -0.05) is 0 Å². The Morgan fingerprint density at radius 3 is 2.64 bits per heavy atom. The van der Waals surface area contributed by atoms with Crippen molar-refractivity contribution in [2.45, 2.75) is 26.2 Å². The van der Waals surface area contributed by atoms with Gasteiger partial charge in [-0.2, -0.15) is 0 Å². The molecule has 0 spiro atoms. The minimum absolute atomic E-state index is 0.0604. The second kappa shape index (κ2) is 10.2. The summed E-state index contributed by atoms with van der Waals surface area (Å²) >= 11 is 3.40. The van der Waals surface area contributed by atoms with Crippen molar-refractivity contribution >= 4 is 28.6 Å². The highest BCUT2D eigenvalue weighted by molar-refractivity contribution is 7.16. The molecule has 3 aromatic rings. The molecule has 0 aliphatic heterocycles. The molecule has 0 bridgehead atoms. The van der Waals surface area contributed by atoms with E-state index >= 15 is 0 Å². The highest BCUT2D eigenvalue weighted by Crippen LogP contribution is 2.29. The maximum Gasteiger partial charge on any atom is 0.220 e. The molecule has 2 heterocycles. The summed E-state index contributed by atoms with van der Waals surface area (Å²) in [6.45, 7) is 3.18. The summed E-state index contributed by atoms with van der Waals surface area (Å²) in [5.41, 5.74) is 1.04. The van der Waals surface area contributed by atoms with Crippen LogP contribution in [-0.4, -0.2) is 31.2 Å². The van der Waals surface area contributed by atoms with E-state index in [-0.39, 0.29) is 5.91 Å². The van der Waals surface area contributed by atoms with Crippen molar-refractivity contribution in [1.29, 1.82) is 0 Å². The van der Waals surface area contributed by atoms with Crippen LogP contribution in [0, 0.1) is 6.92 Å². The molecule has 0 saturated heterocycles. The van der Waals surface area contributed by atoms with E-state index in [1.54, 1.807) is 29.8 Å². The fourth-order valence-corrected chi connectivity index (χ4v) is 4.29. The molecular formula is C21H24N2O3S2. The molecule has 148 valence electrons. The molecule has 1 aromatic carbocycles. The van der Waals surface area contributed by atoms with Crippen molar-refractivity contribution in [2.24, 2.45) is 0 Å². The summed E-state index contributed by atoms with van der Waals surface area (Å²) in [4.78, 5) is 18.9. The molecule has 1 N–H and O–H groups in total. The van der Waals surface area contributed by atoms with Crippen LogP contribution in [0.25, 0.3) is 10.6 Å². The van der Waals surface area contributed by atoms with Crippen LogP contribution in [0.4, 0.5) is 0 Å². The van der Waals surface area contributed by atoms with Crippen LogP contribution in [-0.2, 0) is 11.2 Å². The van der Waals surface area contributed by atoms with E-state index in [4.69, 9.17) is 9.47 Å². The molecule has 3 rings (SSSR count). The van der Waals surface area contributed by atoms with Gasteiger partial charge in [-0.05, 0) is 56.2 Å². The lowest BCUT2D eigenvalue weighted by Gasteiger charge is -2.07. The number of methoxy groups -OCH3 is 1. The van der Waals surface area contributed by atoms with Gasteiger partial charge >= 0.3 is 0 Å². The summed E-state index contributed by atoms with van der Waals surface area (Å²) in [5.74, 6) is 1.64. The Bertz CT molecular complexity index is 887. The van der Waals surface area contributed by atoms with Crippen molar-refractivity contribution in [3.63, 3.8) is 0 Å². The second-order valence-electron chi connectivity index (χ2n) is 6.25. The van der Waals surface area contributed by atoms with Gasteiger partial charge in [0.2, 0.25) is 5.91 Å². The summed E-state index contributed by atoms with van der Waals surface area (Å²) < 4.78 is 10.7. The van der Waals surface area contributed by atoms with Crippen LogP contribution < -0.4 is 14.8 Å². The average Bonchev–Trinajstić information content (AvgIpc) is 3.35. The summed E-state index contributed by atoms with van der Waals surface area (Å²) in [7, 11) is 1.63. The zero-order chi connectivity index (χ0) is 19.8. The molecule has 28 heavy (non-hydrogen) atoms. The number of nitrogens with zero attached hydrogens (tertiary/aromatic N) is 1. The number of thiazole rings is 1. The normalized spacial score (nSPS) is 10.6. The van der Waals surface area contributed by atoms with Crippen molar-refractivity contribution in [3.05, 3.63) is 51.7 Å².